The van der Waals surface area contributed by atoms with E-state index in [-0.39, 0.29) is 0 Å². The predicted molar refractivity (Wildman–Crippen MR) is 43.4 cm³/mol. The Morgan fingerprint density at radius 1 is 1.64 bits per heavy atom. The summed E-state index contributed by atoms with van der Waals surface area (Å²) in [6.07, 6.45) is 2.42. The number of nitrogens with two attached hydrogens (primary N) is 1. The van der Waals surface area contributed by atoms with Crippen molar-refractivity contribution in [2.24, 2.45) is 5.73 Å². The average Bonchev–Trinajstić information content (AvgIpc) is 1.97. The second-order valence-electron chi connectivity index (χ2n) is 2.54. The minimum Gasteiger partial charge on any atom is -0.480 e. The molecule has 0 radical (unpaired) electrons. The number of aliphatic carboxylic acids is 1. The van der Waals surface area contributed by atoms with Crippen molar-refractivity contribution < 1.29 is 9.90 Å². The van der Waals surface area contributed by atoms with E-state index in [0.717, 1.165) is 19.4 Å². The van der Waals surface area contributed by atoms with E-state index < -0.39 is 12.0 Å². The van der Waals surface area contributed by atoms with Crippen LogP contribution in [-0.2, 0) is 4.79 Å². The highest BCUT2D eigenvalue weighted by Gasteiger charge is 2.09. The summed E-state index contributed by atoms with van der Waals surface area (Å²) in [7, 11) is 1.87. The largest absolute Gasteiger partial charge is 0.480 e. The molecule has 0 bridgehead atoms. The molecule has 4 nitrogen and oxygen atoms in total. The molecule has 66 valence electrons. The number of carbonyl (C=O) groups is 1. The lowest BCUT2D eigenvalue weighted by Gasteiger charge is -2.04. The van der Waals surface area contributed by atoms with Crippen molar-refractivity contribution in [3.8, 4) is 0 Å². The first kappa shape index (κ1) is 10.4. The molecule has 0 aromatic rings. The lowest BCUT2D eigenvalue weighted by Crippen LogP contribution is -2.29. The Morgan fingerprint density at radius 3 is 2.73 bits per heavy atom. The van der Waals surface area contributed by atoms with E-state index in [4.69, 9.17) is 10.8 Å². The average molecular weight is 160 g/mol. The highest BCUT2D eigenvalue weighted by atomic mass is 16.4. The second kappa shape index (κ2) is 6.12. The molecule has 0 aliphatic carbocycles. The van der Waals surface area contributed by atoms with Crippen LogP contribution in [0.15, 0.2) is 0 Å². The number of hydrogen-bond acceptors (Lipinski definition) is 3. The summed E-state index contributed by atoms with van der Waals surface area (Å²) in [6, 6.07) is -0.688. The Balaban J connectivity index is 3.17. The zero-order valence-electron chi connectivity index (χ0n) is 6.84. The Kier molecular flexibility index (Phi) is 5.78. The minimum absolute atomic E-state index is 0.566. The zero-order chi connectivity index (χ0) is 8.69. The molecule has 4 heteroatoms. The fourth-order valence-corrected chi connectivity index (χ4v) is 0.790. The van der Waals surface area contributed by atoms with Gasteiger partial charge in [0.25, 0.3) is 0 Å². The van der Waals surface area contributed by atoms with Crippen LogP contribution < -0.4 is 11.1 Å². The maximum Gasteiger partial charge on any atom is 0.320 e. The molecular formula is C7H16N2O2. The van der Waals surface area contributed by atoms with Gasteiger partial charge >= 0.3 is 5.97 Å². The molecule has 0 aromatic heterocycles. The van der Waals surface area contributed by atoms with Crippen LogP contribution in [0.1, 0.15) is 19.3 Å². The van der Waals surface area contributed by atoms with Gasteiger partial charge in [-0.3, -0.25) is 4.79 Å². The van der Waals surface area contributed by atoms with Crippen LogP contribution in [0, 0.1) is 0 Å². The molecule has 4 N–H and O–H groups in total. The molecule has 0 unspecified atom stereocenters. The van der Waals surface area contributed by atoms with Crippen LogP contribution in [0.3, 0.4) is 0 Å². The van der Waals surface area contributed by atoms with E-state index in [1.165, 1.54) is 0 Å². The molecule has 11 heavy (non-hydrogen) atoms. The number of hydrogen-bond donors (Lipinski definition) is 3. The zero-order valence-corrected chi connectivity index (χ0v) is 6.84. The normalized spacial score (nSPS) is 12.9. The fraction of sp³-hybridized carbons (Fsp3) is 0.857. The Hall–Kier alpha value is -0.610. The first-order chi connectivity index (χ1) is 5.18. The summed E-state index contributed by atoms with van der Waals surface area (Å²) in [5.41, 5.74) is 5.28. The van der Waals surface area contributed by atoms with Gasteiger partial charge in [-0.25, -0.2) is 0 Å². The topological polar surface area (TPSA) is 75.3 Å². The van der Waals surface area contributed by atoms with Gasteiger partial charge in [0.2, 0.25) is 0 Å². The number of unbranched alkanes of at least 4 members (excludes halogenated alkanes) is 1. The van der Waals surface area contributed by atoms with Gasteiger partial charge in [-0.2, -0.15) is 0 Å². The first-order valence-corrected chi connectivity index (χ1v) is 3.81. The first-order valence-electron chi connectivity index (χ1n) is 3.81. The summed E-state index contributed by atoms with van der Waals surface area (Å²) in [5, 5.41) is 11.4. The maximum atomic E-state index is 10.2. The van der Waals surface area contributed by atoms with Crippen LogP contribution in [-0.4, -0.2) is 30.7 Å². The van der Waals surface area contributed by atoms with Crippen LogP contribution in [0.25, 0.3) is 0 Å². The van der Waals surface area contributed by atoms with Gasteiger partial charge in [0, 0.05) is 0 Å². The fourth-order valence-electron chi connectivity index (χ4n) is 0.790. The molecule has 0 aliphatic rings. The number of carboxylic acid groups (broad SMARTS) is 1. The van der Waals surface area contributed by atoms with Crippen molar-refractivity contribution >= 4 is 5.97 Å². The van der Waals surface area contributed by atoms with Crippen LogP contribution in [0.4, 0.5) is 0 Å². The Morgan fingerprint density at radius 2 is 2.27 bits per heavy atom. The maximum absolute atomic E-state index is 10.2. The van der Waals surface area contributed by atoms with Crippen molar-refractivity contribution in [1.29, 1.82) is 0 Å². The minimum atomic E-state index is -0.908. The molecule has 0 saturated carbocycles. The van der Waals surface area contributed by atoms with E-state index in [0.29, 0.717) is 6.42 Å². The quantitative estimate of drug-likeness (QED) is 0.470. The van der Waals surface area contributed by atoms with E-state index in [1.807, 2.05) is 7.05 Å². The molecule has 0 spiro atoms. The summed E-state index contributed by atoms with van der Waals surface area (Å²) in [5.74, 6) is -0.908. The molecule has 0 rings (SSSR count). The lowest BCUT2D eigenvalue weighted by molar-refractivity contribution is -0.138. The summed E-state index contributed by atoms with van der Waals surface area (Å²) in [4.78, 5) is 10.2. The van der Waals surface area contributed by atoms with Crippen molar-refractivity contribution in [3.05, 3.63) is 0 Å². The molecule has 0 saturated heterocycles. The highest BCUT2D eigenvalue weighted by molar-refractivity contribution is 5.72. The second-order valence-corrected chi connectivity index (χ2v) is 2.54. The predicted octanol–water partition coefficient (Wildman–Crippen LogP) is -0.212. The SMILES string of the molecule is CNCCCC[C@@H](N)C(=O)O. The van der Waals surface area contributed by atoms with Crippen molar-refractivity contribution in [2.45, 2.75) is 25.3 Å². The van der Waals surface area contributed by atoms with Gasteiger partial charge in [-0.05, 0) is 26.4 Å². The molecule has 0 amide bonds. The van der Waals surface area contributed by atoms with Crippen molar-refractivity contribution in [3.63, 3.8) is 0 Å². The van der Waals surface area contributed by atoms with Gasteiger partial charge < -0.3 is 16.2 Å². The number of carboxylic acids is 1. The molecule has 0 heterocycles. The van der Waals surface area contributed by atoms with Crippen LogP contribution in [0.5, 0.6) is 0 Å². The monoisotopic (exact) mass is 160 g/mol. The third-order valence-electron chi connectivity index (χ3n) is 1.51. The van der Waals surface area contributed by atoms with E-state index >= 15 is 0 Å². The molecular weight excluding hydrogens is 144 g/mol. The molecule has 1 atom stereocenters. The summed E-state index contributed by atoms with van der Waals surface area (Å²) < 4.78 is 0. The van der Waals surface area contributed by atoms with Crippen molar-refractivity contribution in [2.75, 3.05) is 13.6 Å². The van der Waals surface area contributed by atoms with Crippen LogP contribution >= 0.6 is 0 Å². The lowest BCUT2D eigenvalue weighted by atomic mass is 10.1. The van der Waals surface area contributed by atoms with E-state index in [9.17, 15) is 4.79 Å². The number of nitrogens with one attached hydrogen (secondary N) is 1. The van der Waals surface area contributed by atoms with Gasteiger partial charge in [0.1, 0.15) is 6.04 Å². The van der Waals surface area contributed by atoms with Gasteiger partial charge in [-0.1, -0.05) is 6.42 Å². The van der Waals surface area contributed by atoms with Gasteiger partial charge in [0.15, 0.2) is 0 Å². The van der Waals surface area contributed by atoms with Gasteiger partial charge in [0.05, 0.1) is 0 Å². The van der Waals surface area contributed by atoms with Crippen molar-refractivity contribution in [1.82, 2.24) is 5.32 Å². The molecule has 0 aliphatic heterocycles. The summed E-state index contributed by atoms with van der Waals surface area (Å²) in [6.45, 7) is 0.923. The Labute approximate surface area is 66.8 Å². The van der Waals surface area contributed by atoms with E-state index in [2.05, 4.69) is 5.32 Å². The Bertz CT molecular complexity index is 117. The summed E-state index contributed by atoms with van der Waals surface area (Å²) >= 11 is 0. The standard InChI is InChI=1S/C7H16N2O2/c1-9-5-3-2-4-6(8)7(10)11/h6,9H,2-5,8H2,1H3,(H,10,11)/t6-/m1/s1. The van der Waals surface area contributed by atoms with Crippen LogP contribution in [0.2, 0.25) is 0 Å². The third-order valence-corrected chi connectivity index (χ3v) is 1.51. The molecule has 0 fully saturated rings. The molecule has 0 aromatic carbocycles. The highest BCUT2D eigenvalue weighted by Crippen LogP contribution is 1.97. The number of rotatable bonds is 6. The van der Waals surface area contributed by atoms with E-state index in [1.54, 1.807) is 0 Å². The third kappa shape index (κ3) is 5.82. The van der Waals surface area contributed by atoms with Gasteiger partial charge in [-0.15, -0.1) is 0 Å². The smallest absolute Gasteiger partial charge is 0.320 e.